The van der Waals surface area contributed by atoms with Crippen LogP contribution in [0, 0.1) is 5.92 Å². The fourth-order valence-corrected chi connectivity index (χ4v) is 3.18. The van der Waals surface area contributed by atoms with Gasteiger partial charge in [0.05, 0.1) is 13.0 Å². The van der Waals surface area contributed by atoms with Crippen molar-refractivity contribution in [1.82, 2.24) is 5.32 Å². The third-order valence-corrected chi connectivity index (χ3v) is 4.31. The van der Waals surface area contributed by atoms with E-state index in [1.165, 1.54) is 32.1 Å². The summed E-state index contributed by atoms with van der Waals surface area (Å²) in [6.07, 6.45) is 9.12. The highest BCUT2D eigenvalue weighted by Gasteiger charge is 2.34. The summed E-state index contributed by atoms with van der Waals surface area (Å²) < 4.78 is 5.11. The largest absolute Gasteiger partial charge is 0.466 e. The van der Waals surface area contributed by atoms with Crippen molar-refractivity contribution in [1.29, 1.82) is 0 Å². The quantitative estimate of drug-likeness (QED) is 0.585. The normalized spacial score (nSPS) is 28.7. The van der Waals surface area contributed by atoms with Gasteiger partial charge in [0, 0.05) is 5.54 Å². The SMILES string of the molecule is CCCC1CCCC(CC(=O)OCC)(NC)CC1. The number of nitrogens with one attached hydrogen (secondary N) is 1. The molecule has 0 saturated heterocycles. The van der Waals surface area contributed by atoms with Crippen LogP contribution in [0.1, 0.15) is 65.2 Å². The molecule has 0 aromatic carbocycles. The molecule has 3 nitrogen and oxygen atoms in total. The first-order valence-electron chi connectivity index (χ1n) is 7.50. The maximum atomic E-state index is 11.7. The third kappa shape index (κ3) is 4.60. The molecule has 0 aromatic rings. The van der Waals surface area contributed by atoms with Crippen molar-refractivity contribution in [3.05, 3.63) is 0 Å². The monoisotopic (exact) mass is 255 g/mol. The van der Waals surface area contributed by atoms with Gasteiger partial charge in [0.15, 0.2) is 0 Å². The van der Waals surface area contributed by atoms with Gasteiger partial charge in [-0.1, -0.05) is 32.6 Å². The summed E-state index contributed by atoms with van der Waals surface area (Å²) in [5.41, 5.74) is -0.0191. The lowest BCUT2D eigenvalue weighted by atomic mass is 9.86. The molecule has 0 bridgehead atoms. The lowest BCUT2D eigenvalue weighted by Gasteiger charge is -2.31. The summed E-state index contributed by atoms with van der Waals surface area (Å²) in [5.74, 6) is 0.799. The molecule has 2 atom stereocenters. The number of carbonyl (C=O) groups excluding carboxylic acids is 1. The van der Waals surface area contributed by atoms with E-state index in [1.54, 1.807) is 0 Å². The first kappa shape index (κ1) is 15.5. The lowest BCUT2D eigenvalue weighted by molar-refractivity contribution is -0.145. The van der Waals surface area contributed by atoms with Crippen molar-refractivity contribution < 1.29 is 9.53 Å². The Morgan fingerprint density at radius 3 is 2.72 bits per heavy atom. The second-order valence-electron chi connectivity index (χ2n) is 5.60. The number of carbonyl (C=O) groups is 1. The van der Waals surface area contributed by atoms with Crippen LogP contribution in [-0.2, 0) is 9.53 Å². The number of ether oxygens (including phenoxy) is 1. The molecule has 0 spiro atoms. The molecule has 0 heterocycles. The Bertz CT molecular complexity index is 255. The Morgan fingerprint density at radius 1 is 1.33 bits per heavy atom. The average Bonchev–Trinajstić information content (AvgIpc) is 2.54. The van der Waals surface area contributed by atoms with Crippen LogP contribution in [-0.4, -0.2) is 25.2 Å². The van der Waals surface area contributed by atoms with Gasteiger partial charge in [-0.3, -0.25) is 4.79 Å². The van der Waals surface area contributed by atoms with Crippen LogP contribution in [0.2, 0.25) is 0 Å². The number of hydrogen-bond donors (Lipinski definition) is 1. The molecule has 0 amide bonds. The smallest absolute Gasteiger partial charge is 0.307 e. The molecule has 1 aliphatic carbocycles. The van der Waals surface area contributed by atoms with E-state index in [1.807, 2.05) is 14.0 Å². The Kier molecular flexibility index (Phi) is 6.69. The average molecular weight is 255 g/mol. The summed E-state index contributed by atoms with van der Waals surface area (Å²) in [6.45, 7) is 4.61. The van der Waals surface area contributed by atoms with E-state index in [0.29, 0.717) is 13.0 Å². The van der Waals surface area contributed by atoms with Crippen molar-refractivity contribution in [3.8, 4) is 0 Å². The predicted molar refractivity (Wildman–Crippen MR) is 74.5 cm³/mol. The minimum atomic E-state index is -0.0548. The van der Waals surface area contributed by atoms with Crippen LogP contribution in [0.5, 0.6) is 0 Å². The number of hydrogen-bond acceptors (Lipinski definition) is 3. The molecule has 18 heavy (non-hydrogen) atoms. The Balaban J connectivity index is 2.56. The predicted octanol–water partition coefficient (Wildman–Crippen LogP) is 3.28. The second-order valence-corrected chi connectivity index (χ2v) is 5.60. The van der Waals surface area contributed by atoms with Gasteiger partial charge >= 0.3 is 5.97 Å². The van der Waals surface area contributed by atoms with E-state index < -0.39 is 0 Å². The standard InChI is InChI=1S/C15H29NO2/c1-4-7-13-8-6-10-15(16-3,11-9-13)12-14(17)18-5-2/h13,16H,4-12H2,1-3H3. The van der Waals surface area contributed by atoms with Crippen molar-refractivity contribution in [2.24, 2.45) is 5.92 Å². The van der Waals surface area contributed by atoms with Crippen LogP contribution in [0.15, 0.2) is 0 Å². The number of esters is 1. The van der Waals surface area contributed by atoms with Crippen molar-refractivity contribution >= 4 is 5.97 Å². The molecule has 3 heteroatoms. The molecule has 1 saturated carbocycles. The fraction of sp³-hybridized carbons (Fsp3) is 0.933. The molecule has 2 unspecified atom stereocenters. The summed E-state index contributed by atoms with van der Waals surface area (Å²) in [6, 6.07) is 0. The highest BCUT2D eigenvalue weighted by atomic mass is 16.5. The van der Waals surface area contributed by atoms with Crippen molar-refractivity contribution in [2.75, 3.05) is 13.7 Å². The summed E-state index contributed by atoms with van der Waals surface area (Å²) >= 11 is 0. The van der Waals surface area contributed by atoms with Gasteiger partial charge in [-0.15, -0.1) is 0 Å². The molecule has 1 rings (SSSR count). The van der Waals surface area contributed by atoms with Crippen LogP contribution in [0.25, 0.3) is 0 Å². The topological polar surface area (TPSA) is 38.3 Å². The van der Waals surface area contributed by atoms with Crippen molar-refractivity contribution in [3.63, 3.8) is 0 Å². The van der Waals surface area contributed by atoms with Crippen LogP contribution >= 0.6 is 0 Å². The van der Waals surface area contributed by atoms with Crippen LogP contribution in [0.4, 0.5) is 0 Å². The molecule has 106 valence electrons. The molecule has 0 radical (unpaired) electrons. The van der Waals surface area contributed by atoms with Crippen LogP contribution in [0.3, 0.4) is 0 Å². The second kappa shape index (κ2) is 7.78. The van der Waals surface area contributed by atoms with Gasteiger partial charge in [0.2, 0.25) is 0 Å². The first-order valence-corrected chi connectivity index (χ1v) is 7.50. The van der Waals surface area contributed by atoms with Gasteiger partial charge in [0.1, 0.15) is 0 Å². The summed E-state index contributed by atoms with van der Waals surface area (Å²) in [4.78, 5) is 11.7. The fourth-order valence-electron chi connectivity index (χ4n) is 3.18. The van der Waals surface area contributed by atoms with Gasteiger partial charge in [-0.05, 0) is 39.2 Å². The number of rotatable bonds is 6. The molecular weight excluding hydrogens is 226 g/mol. The van der Waals surface area contributed by atoms with Gasteiger partial charge in [0.25, 0.3) is 0 Å². The molecule has 0 aromatic heterocycles. The Labute approximate surface area is 112 Å². The van der Waals surface area contributed by atoms with E-state index in [0.717, 1.165) is 18.8 Å². The molecule has 1 fully saturated rings. The lowest BCUT2D eigenvalue weighted by Crippen LogP contribution is -2.44. The van der Waals surface area contributed by atoms with E-state index >= 15 is 0 Å². The zero-order valence-electron chi connectivity index (χ0n) is 12.3. The van der Waals surface area contributed by atoms with Gasteiger partial charge < -0.3 is 10.1 Å². The van der Waals surface area contributed by atoms with E-state index in [2.05, 4.69) is 12.2 Å². The Morgan fingerprint density at radius 2 is 2.11 bits per heavy atom. The van der Waals surface area contributed by atoms with E-state index in [9.17, 15) is 4.79 Å². The third-order valence-electron chi connectivity index (χ3n) is 4.31. The highest BCUT2D eigenvalue weighted by Crippen LogP contribution is 2.34. The van der Waals surface area contributed by atoms with Crippen molar-refractivity contribution in [2.45, 2.75) is 70.8 Å². The van der Waals surface area contributed by atoms with E-state index in [4.69, 9.17) is 4.74 Å². The Hall–Kier alpha value is -0.570. The maximum Gasteiger partial charge on any atom is 0.307 e. The molecule has 1 aliphatic rings. The molecule has 1 N–H and O–H groups in total. The minimum absolute atomic E-state index is 0.0191. The van der Waals surface area contributed by atoms with E-state index in [-0.39, 0.29) is 11.5 Å². The first-order chi connectivity index (χ1) is 8.65. The molecule has 0 aliphatic heterocycles. The highest BCUT2D eigenvalue weighted by molar-refractivity contribution is 5.70. The van der Waals surface area contributed by atoms with Gasteiger partial charge in [-0.25, -0.2) is 0 Å². The minimum Gasteiger partial charge on any atom is -0.466 e. The summed E-state index contributed by atoms with van der Waals surface area (Å²) in [5, 5.41) is 3.41. The van der Waals surface area contributed by atoms with Gasteiger partial charge in [-0.2, -0.15) is 0 Å². The zero-order chi connectivity index (χ0) is 13.4. The maximum absolute atomic E-state index is 11.7. The molecular formula is C15H29NO2. The summed E-state index contributed by atoms with van der Waals surface area (Å²) in [7, 11) is 1.99. The zero-order valence-corrected chi connectivity index (χ0v) is 12.3. The van der Waals surface area contributed by atoms with Crippen LogP contribution < -0.4 is 5.32 Å².